The smallest absolute Gasteiger partial charge is 0.387 e. The third kappa shape index (κ3) is 3.58. The molecule has 2 aromatic rings. The van der Waals surface area contributed by atoms with Crippen LogP contribution >= 0.6 is 0 Å². The van der Waals surface area contributed by atoms with Crippen LogP contribution in [0.25, 0.3) is 0 Å². The van der Waals surface area contributed by atoms with Crippen LogP contribution in [0.4, 0.5) is 14.5 Å². The van der Waals surface area contributed by atoms with Gasteiger partial charge in [0.1, 0.15) is 0 Å². The fourth-order valence-corrected chi connectivity index (χ4v) is 2.24. The van der Waals surface area contributed by atoms with Gasteiger partial charge in [-0.2, -0.15) is 13.9 Å². The summed E-state index contributed by atoms with van der Waals surface area (Å²) in [6.45, 7) is 0.507. The molecule has 0 aliphatic heterocycles. The van der Waals surface area contributed by atoms with Crippen molar-refractivity contribution in [3.8, 4) is 11.5 Å². The average molecular weight is 325 g/mol. The van der Waals surface area contributed by atoms with E-state index in [9.17, 15) is 13.6 Å². The summed E-state index contributed by atoms with van der Waals surface area (Å²) < 4.78 is 35.8. The number of aryl methyl sites for hydroxylation is 2. The van der Waals surface area contributed by atoms with Crippen LogP contribution in [0.5, 0.6) is 11.5 Å². The highest BCUT2D eigenvalue weighted by molar-refractivity contribution is 6.06. The van der Waals surface area contributed by atoms with Gasteiger partial charge < -0.3 is 14.8 Å². The summed E-state index contributed by atoms with van der Waals surface area (Å²) in [7, 11) is 3.08. The number of halogens is 2. The standard InChI is InChI=1S/C15H17F2N3O3/c1-8-13(9(2)20(3)19-8)14(21)18-10-5-6-11(22-4)12(7-10)23-15(16)17/h5-7,15H,1-4H3,(H,18,21). The number of benzene rings is 1. The number of ether oxygens (including phenoxy) is 2. The fraction of sp³-hybridized carbons (Fsp3) is 0.333. The molecule has 1 N–H and O–H groups in total. The molecule has 1 aromatic carbocycles. The fourth-order valence-electron chi connectivity index (χ4n) is 2.24. The summed E-state index contributed by atoms with van der Waals surface area (Å²) in [6.07, 6.45) is 0. The number of alkyl halides is 2. The van der Waals surface area contributed by atoms with Gasteiger partial charge in [0.25, 0.3) is 5.91 Å². The van der Waals surface area contributed by atoms with Crippen LogP contribution in [-0.4, -0.2) is 29.4 Å². The van der Waals surface area contributed by atoms with Gasteiger partial charge in [-0.05, 0) is 26.0 Å². The molecule has 1 amide bonds. The van der Waals surface area contributed by atoms with Crippen molar-refractivity contribution in [2.45, 2.75) is 20.5 Å². The summed E-state index contributed by atoms with van der Waals surface area (Å²) in [5.74, 6) is -0.377. The molecule has 0 atom stereocenters. The highest BCUT2D eigenvalue weighted by Gasteiger charge is 2.18. The van der Waals surface area contributed by atoms with E-state index >= 15 is 0 Å². The number of hydrogen-bond acceptors (Lipinski definition) is 4. The first kappa shape index (κ1) is 16.7. The first-order chi connectivity index (χ1) is 10.8. The average Bonchev–Trinajstić information content (AvgIpc) is 2.71. The maximum Gasteiger partial charge on any atom is 0.387 e. The summed E-state index contributed by atoms with van der Waals surface area (Å²) in [6, 6.07) is 4.26. The van der Waals surface area contributed by atoms with Crippen molar-refractivity contribution in [2.75, 3.05) is 12.4 Å². The minimum Gasteiger partial charge on any atom is -0.493 e. The molecule has 0 saturated heterocycles. The number of rotatable bonds is 5. The van der Waals surface area contributed by atoms with Crippen molar-refractivity contribution in [1.82, 2.24) is 9.78 Å². The highest BCUT2D eigenvalue weighted by Crippen LogP contribution is 2.31. The second-order valence-corrected chi connectivity index (χ2v) is 4.87. The Morgan fingerprint density at radius 2 is 2.00 bits per heavy atom. The molecule has 8 heteroatoms. The molecule has 2 rings (SSSR count). The van der Waals surface area contributed by atoms with Crippen molar-refractivity contribution in [2.24, 2.45) is 7.05 Å². The Balaban J connectivity index is 2.27. The Morgan fingerprint density at radius 1 is 1.30 bits per heavy atom. The maximum atomic E-state index is 12.4. The lowest BCUT2D eigenvalue weighted by molar-refractivity contribution is -0.0511. The monoisotopic (exact) mass is 325 g/mol. The Labute approximate surface area is 132 Å². The molecule has 1 aromatic heterocycles. The van der Waals surface area contributed by atoms with Crippen molar-refractivity contribution in [3.63, 3.8) is 0 Å². The number of nitrogens with one attached hydrogen (secondary N) is 1. The third-order valence-corrected chi connectivity index (χ3v) is 3.37. The molecule has 0 aliphatic rings. The van der Waals surface area contributed by atoms with E-state index in [1.54, 1.807) is 25.6 Å². The Hall–Kier alpha value is -2.64. The van der Waals surface area contributed by atoms with Crippen molar-refractivity contribution in [1.29, 1.82) is 0 Å². The topological polar surface area (TPSA) is 65.4 Å². The van der Waals surface area contributed by atoms with Crippen molar-refractivity contribution >= 4 is 11.6 Å². The van der Waals surface area contributed by atoms with Gasteiger partial charge in [-0.25, -0.2) is 0 Å². The number of amides is 1. The second kappa shape index (κ2) is 6.64. The first-order valence-electron chi connectivity index (χ1n) is 6.78. The van der Waals surface area contributed by atoms with Crippen molar-refractivity contribution in [3.05, 3.63) is 35.2 Å². The zero-order valence-corrected chi connectivity index (χ0v) is 13.2. The largest absolute Gasteiger partial charge is 0.493 e. The van der Waals surface area contributed by atoms with Crippen LogP contribution in [0.1, 0.15) is 21.7 Å². The van der Waals surface area contributed by atoms with Gasteiger partial charge in [0, 0.05) is 24.5 Å². The van der Waals surface area contributed by atoms with E-state index < -0.39 is 6.61 Å². The lowest BCUT2D eigenvalue weighted by atomic mass is 10.1. The number of nitrogens with zero attached hydrogens (tertiary/aromatic N) is 2. The molecule has 0 fully saturated rings. The van der Waals surface area contributed by atoms with Gasteiger partial charge >= 0.3 is 6.61 Å². The second-order valence-electron chi connectivity index (χ2n) is 4.87. The van der Waals surface area contributed by atoms with Crippen LogP contribution < -0.4 is 14.8 Å². The number of anilines is 1. The van der Waals surface area contributed by atoms with E-state index in [1.165, 1.54) is 25.3 Å². The SMILES string of the molecule is COc1ccc(NC(=O)c2c(C)nn(C)c2C)cc1OC(F)F. The lowest BCUT2D eigenvalue weighted by Gasteiger charge is -2.12. The van der Waals surface area contributed by atoms with Crippen LogP contribution in [0.2, 0.25) is 0 Å². The summed E-state index contributed by atoms with van der Waals surface area (Å²) >= 11 is 0. The van der Waals surface area contributed by atoms with Gasteiger partial charge in [-0.1, -0.05) is 0 Å². The van der Waals surface area contributed by atoms with Gasteiger partial charge in [-0.15, -0.1) is 0 Å². The zero-order valence-electron chi connectivity index (χ0n) is 13.2. The summed E-state index contributed by atoms with van der Waals surface area (Å²) in [5.41, 5.74) is 2.05. The molecule has 0 aliphatic carbocycles. The Kier molecular flexibility index (Phi) is 4.83. The minimum absolute atomic E-state index is 0.150. The maximum absolute atomic E-state index is 12.4. The molecular formula is C15H17F2N3O3. The molecule has 0 bridgehead atoms. The van der Waals surface area contributed by atoms with E-state index in [0.29, 0.717) is 22.6 Å². The van der Waals surface area contributed by atoms with Gasteiger partial charge in [-0.3, -0.25) is 9.48 Å². The van der Waals surface area contributed by atoms with Gasteiger partial charge in [0.15, 0.2) is 11.5 Å². The van der Waals surface area contributed by atoms with Crippen LogP contribution in [0.3, 0.4) is 0 Å². The third-order valence-electron chi connectivity index (χ3n) is 3.37. The van der Waals surface area contributed by atoms with Crippen LogP contribution in [0, 0.1) is 13.8 Å². The van der Waals surface area contributed by atoms with Gasteiger partial charge in [0.2, 0.25) is 0 Å². The molecule has 23 heavy (non-hydrogen) atoms. The van der Waals surface area contributed by atoms with E-state index in [2.05, 4.69) is 15.2 Å². The van der Waals surface area contributed by atoms with E-state index in [4.69, 9.17) is 4.74 Å². The Bertz CT molecular complexity index is 729. The molecule has 6 nitrogen and oxygen atoms in total. The zero-order chi connectivity index (χ0) is 17.1. The quantitative estimate of drug-likeness (QED) is 0.918. The number of carbonyl (C=O) groups is 1. The van der Waals surface area contributed by atoms with Crippen LogP contribution in [0.15, 0.2) is 18.2 Å². The first-order valence-corrected chi connectivity index (χ1v) is 6.78. The van der Waals surface area contributed by atoms with Crippen LogP contribution in [-0.2, 0) is 7.05 Å². The van der Waals surface area contributed by atoms with Gasteiger partial charge in [0.05, 0.1) is 18.4 Å². The molecule has 0 spiro atoms. The molecule has 0 radical (unpaired) electrons. The molecule has 0 unspecified atom stereocenters. The predicted molar refractivity (Wildman–Crippen MR) is 80.3 cm³/mol. The predicted octanol–water partition coefficient (Wildman–Crippen LogP) is 2.90. The van der Waals surface area contributed by atoms with Crippen molar-refractivity contribution < 1.29 is 23.0 Å². The van der Waals surface area contributed by atoms with E-state index in [1.807, 2.05) is 0 Å². The number of hydrogen-bond donors (Lipinski definition) is 1. The minimum atomic E-state index is -2.99. The number of methoxy groups -OCH3 is 1. The highest BCUT2D eigenvalue weighted by atomic mass is 19.3. The molecule has 0 saturated carbocycles. The lowest BCUT2D eigenvalue weighted by Crippen LogP contribution is -2.14. The normalized spacial score (nSPS) is 10.7. The van der Waals surface area contributed by atoms with E-state index in [-0.39, 0.29) is 17.4 Å². The molecule has 124 valence electrons. The van der Waals surface area contributed by atoms with E-state index in [0.717, 1.165) is 0 Å². The summed E-state index contributed by atoms with van der Waals surface area (Å²) in [4.78, 5) is 12.4. The molecule has 1 heterocycles. The Morgan fingerprint density at radius 3 is 2.52 bits per heavy atom. The number of aromatic nitrogens is 2. The number of carbonyl (C=O) groups excluding carboxylic acids is 1. The molecular weight excluding hydrogens is 308 g/mol. The summed E-state index contributed by atoms with van der Waals surface area (Å²) in [5, 5.41) is 6.82.